The molecule has 1 atom stereocenters. The van der Waals surface area contributed by atoms with Crippen molar-refractivity contribution in [3.8, 4) is 5.75 Å². The Labute approximate surface area is 190 Å². The van der Waals surface area contributed by atoms with Crippen molar-refractivity contribution in [2.24, 2.45) is 0 Å². The first-order valence-electron chi connectivity index (χ1n) is 11.3. The molecule has 3 nitrogen and oxygen atoms in total. The molecule has 0 aromatic heterocycles. The maximum Gasteiger partial charge on any atom is 0.222 e. The lowest BCUT2D eigenvalue weighted by Gasteiger charge is -2.26. The van der Waals surface area contributed by atoms with Gasteiger partial charge in [-0.25, -0.2) is 4.39 Å². The summed E-state index contributed by atoms with van der Waals surface area (Å²) in [5, 5.41) is 0. The molecule has 0 saturated heterocycles. The van der Waals surface area contributed by atoms with Crippen molar-refractivity contribution >= 4 is 5.91 Å². The van der Waals surface area contributed by atoms with Gasteiger partial charge in [-0.05, 0) is 49.6 Å². The third-order valence-corrected chi connectivity index (χ3v) is 5.52. The maximum atomic E-state index is 14.2. The standard InChI is InChI=1S/C28H32FNO2/c1-4-28(31)30(20-24-12-8-9-13-27(24)29)19-18-26(22-10-6-5-7-11-22)23-14-16-25(17-15-23)32-21(2)3/h5-17,21,26H,4,18-20H2,1-3H3/t26-/m1/s1. The molecule has 0 unspecified atom stereocenters. The predicted octanol–water partition coefficient (Wildman–Crippen LogP) is 6.57. The summed E-state index contributed by atoms with van der Waals surface area (Å²) in [4.78, 5) is 14.4. The van der Waals surface area contributed by atoms with E-state index in [1.165, 1.54) is 17.2 Å². The molecule has 0 N–H and O–H groups in total. The number of rotatable bonds is 10. The normalized spacial score (nSPS) is 11.9. The van der Waals surface area contributed by atoms with Crippen molar-refractivity contribution < 1.29 is 13.9 Å². The minimum absolute atomic E-state index is 0.0285. The first kappa shape index (κ1) is 23.5. The van der Waals surface area contributed by atoms with Gasteiger partial charge in [-0.1, -0.05) is 67.6 Å². The van der Waals surface area contributed by atoms with Crippen LogP contribution in [0.25, 0.3) is 0 Å². The highest BCUT2D eigenvalue weighted by Crippen LogP contribution is 2.30. The van der Waals surface area contributed by atoms with Crippen molar-refractivity contribution in [2.45, 2.75) is 52.2 Å². The number of carbonyl (C=O) groups excluding carboxylic acids is 1. The molecule has 0 saturated carbocycles. The van der Waals surface area contributed by atoms with E-state index in [4.69, 9.17) is 4.74 Å². The van der Waals surface area contributed by atoms with Gasteiger partial charge < -0.3 is 9.64 Å². The van der Waals surface area contributed by atoms with E-state index in [0.29, 0.717) is 18.5 Å². The van der Waals surface area contributed by atoms with Crippen LogP contribution in [0.1, 0.15) is 56.2 Å². The van der Waals surface area contributed by atoms with Gasteiger partial charge in [0.25, 0.3) is 0 Å². The molecular weight excluding hydrogens is 401 g/mol. The Balaban J connectivity index is 1.82. The molecule has 3 aromatic rings. The first-order chi connectivity index (χ1) is 15.5. The summed E-state index contributed by atoms with van der Waals surface area (Å²) in [5.74, 6) is 0.720. The zero-order valence-electron chi connectivity index (χ0n) is 19.1. The minimum atomic E-state index is -0.276. The number of amides is 1. The first-order valence-corrected chi connectivity index (χ1v) is 11.3. The molecule has 32 heavy (non-hydrogen) atoms. The molecule has 1 amide bonds. The number of hydrogen-bond donors (Lipinski definition) is 0. The van der Waals surface area contributed by atoms with E-state index < -0.39 is 0 Å². The SMILES string of the molecule is CCC(=O)N(CC[C@H](c1ccccc1)c1ccc(OC(C)C)cc1)Cc1ccccc1F. The zero-order chi connectivity index (χ0) is 22.9. The van der Waals surface area contributed by atoms with Gasteiger partial charge >= 0.3 is 0 Å². The van der Waals surface area contributed by atoms with E-state index in [9.17, 15) is 9.18 Å². The van der Waals surface area contributed by atoms with Crippen LogP contribution in [0.3, 0.4) is 0 Å². The summed E-state index contributed by atoms with van der Waals surface area (Å²) in [5.41, 5.74) is 2.91. The van der Waals surface area contributed by atoms with E-state index >= 15 is 0 Å². The Kier molecular flexibility index (Phi) is 8.43. The molecule has 3 aromatic carbocycles. The second-order valence-corrected chi connectivity index (χ2v) is 8.25. The topological polar surface area (TPSA) is 29.5 Å². The number of ether oxygens (including phenoxy) is 1. The molecule has 4 heteroatoms. The minimum Gasteiger partial charge on any atom is -0.491 e. The van der Waals surface area contributed by atoms with Gasteiger partial charge in [0.15, 0.2) is 0 Å². The Morgan fingerprint density at radius 1 is 0.906 bits per heavy atom. The van der Waals surface area contributed by atoms with Crippen molar-refractivity contribution in [3.05, 3.63) is 101 Å². The highest BCUT2D eigenvalue weighted by molar-refractivity contribution is 5.75. The average Bonchev–Trinajstić information content (AvgIpc) is 2.80. The van der Waals surface area contributed by atoms with Gasteiger partial charge in [0, 0.05) is 31.0 Å². The molecule has 0 fully saturated rings. The van der Waals surface area contributed by atoms with Crippen LogP contribution in [0.15, 0.2) is 78.9 Å². The van der Waals surface area contributed by atoms with Gasteiger partial charge in [-0.15, -0.1) is 0 Å². The lowest BCUT2D eigenvalue weighted by molar-refractivity contribution is -0.131. The number of carbonyl (C=O) groups is 1. The summed E-state index contributed by atoms with van der Waals surface area (Å²) in [6, 6.07) is 25.2. The summed E-state index contributed by atoms with van der Waals surface area (Å²) < 4.78 is 20.0. The van der Waals surface area contributed by atoms with Crippen molar-refractivity contribution in [3.63, 3.8) is 0 Å². The van der Waals surface area contributed by atoms with Crippen LogP contribution < -0.4 is 4.74 Å². The molecule has 0 heterocycles. The Morgan fingerprint density at radius 3 is 2.16 bits per heavy atom. The molecule has 0 radical (unpaired) electrons. The number of halogens is 1. The molecule has 0 bridgehead atoms. The fourth-order valence-electron chi connectivity index (χ4n) is 3.89. The van der Waals surface area contributed by atoms with E-state index in [-0.39, 0.29) is 30.3 Å². The Morgan fingerprint density at radius 2 is 1.53 bits per heavy atom. The Bertz CT molecular complexity index is 986. The Hall–Kier alpha value is -3.14. The largest absolute Gasteiger partial charge is 0.491 e. The predicted molar refractivity (Wildman–Crippen MR) is 127 cm³/mol. The highest BCUT2D eigenvalue weighted by Gasteiger charge is 2.19. The fourth-order valence-corrected chi connectivity index (χ4v) is 3.89. The van der Waals surface area contributed by atoms with Crippen molar-refractivity contribution in [2.75, 3.05) is 6.54 Å². The van der Waals surface area contributed by atoms with E-state index in [1.807, 2.05) is 51.1 Å². The number of nitrogens with zero attached hydrogens (tertiary/aromatic N) is 1. The van der Waals surface area contributed by atoms with Gasteiger partial charge in [0.2, 0.25) is 5.91 Å². The molecule has 0 aliphatic heterocycles. The second kappa shape index (κ2) is 11.5. The third-order valence-electron chi connectivity index (χ3n) is 5.52. The molecule has 0 spiro atoms. The number of hydrogen-bond acceptors (Lipinski definition) is 2. The van der Waals surface area contributed by atoms with Crippen molar-refractivity contribution in [1.82, 2.24) is 4.90 Å². The van der Waals surface area contributed by atoms with Crippen LogP contribution in [0, 0.1) is 5.82 Å². The fraction of sp³-hybridized carbons (Fsp3) is 0.321. The van der Waals surface area contributed by atoms with Crippen LogP contribution in [-0.2, 0) is 11.3 Å². The van der Waals surface area contributed by atoms with E-state index in [0.717, 1.165) is 12.2 Å². The van der Waals surface area contributed by atoms with E-state index in [1.54, 1.807) is 23.1 Å². The summed E-state index contributed by atoms with van der Waals surface area (Å²) in [7, 11) is 0. The monoisotopic (exact) mass is 433 g/mol. The molecular formula is C28H32FNO2. The van der Waals surface area contributed by atoms with Crippen LogP contribution in [0.4, 0.5) is 4.39 Å². The summed E-state index contributed by atoms with van der Waals surface area (Å²) in [6.45, 7) is 6.69. The molecule has 0 aliphatic rings. The van der Waals surface area contributed by atoms with Crippen LogP contribution >= 0.6 is 0 Å². The van der Waals surface area contributed by atoms with Gasteiger partial charge in [0.1, 0.15) is 11.6 Å². The molecule has 168 valence electrons. The smallest absolute Gasteiger partial charge is 0.222 e. The molecule has 3 rings (SSSR count). The average molecular weight is 434 g/mol. The van der Waals surface area contributed by atoms with Crippen LogP contribution in [-0.4, -0.2) is 23.5 Å². The van der Waals surface area contributed by atoms with Crippen LogP contribution in [0.5, 0.6) is 5.75 Å². The van der Waals surface area contributed by atoms with Gasteiger partial charge in [-0.2, -0.15) is 0 Å². The summed E-state index contributed by atoms with van der Waals surface area (Å²) in [6.07, 6.45) is 1.26. The lowest BCUT2D eigenvalue weighted by atomic mass is 9.88. The zero-order valence-corrected chi connectivity index (χ0v) is 19.1. The van der Waals surface area contributed by atoms with E-state index in [2.05, 4.69) is 24.3 Å². The third kappa shape index (κ3) is 6.43. The maximum absolute atomic E-state index is 14.2. The van der Waals surface area contributed by atoms with Crippen molar-refractivity contribution in [1.29, 1.82) is 0 Å². The van der Waals surface area contributed by atoms with Crippen LogP contribution in [0.2, 0.25) is 0 Å². The quantitative estimate of drug-likeness (QED) is 0.362. The molecule has 0 aliphatic carbocycles. The van der Waals surface area contributed by atoms with Gasteiger partial charge in [0.05, 0.1) is 6.10 Å². The summed E-state index contributed by atoms with van der Waals surface area (Å²) >= 11 is 0. The van der Waals surface area contributed by atoms with Gasteiger partial charge in [-0.3, -0.25) is 4.79 Å². The highest BCUT2D eigenvalue weighted by atomic mass is 19.1. The lowest BCUT2D eigenvalue weighted by Crippen LogP contribution is -2.32. The second-order valence-electron chi connectivity index (χ2n) is 8.25. The number of benzene rings is 3.